The van der Waals surface area contributed by atoms with Crippen molar-refractivity contribution in [1.82, 2.24) is 14.9 Å². The molecule has 1 aliphatic heterocycles. The van der Waals surface area contributed by atoms with Gasteiger partial charge in [0.1, 0.15) is 6.61 Å². The van der Waals surface area contributed by atoms with Gasteiger partial charge in [-0.1, -0.05) is 35.5 Å². The third-order valence-corrected chi connectivity index (χ3v) is 3.85. The molecule has 0 saturated carbocycles. The van der Waals surface area contributed by atoms with E-state index >= 15 is 0 Å². The Morgan fingerprint density at radius 3 is 2.42 bits per heavy atom. The topological polar surface area (TPSA) is 100 Å². The number of piperazine rings is 1. The molecule has 8 heteroatoms. The van der Waals surface area contributed by atoms with Crippen LogP contribution in [0.2, 0.25) is 0 Å². The predicted molar refractivity (Wildman–Crippen MR) is 90.0 cm³/mol. The Balaban J connectivity index is 1.53. The van der Waals surface area contributed by atoms with Gasteiger partial charge in [0.05, 0.1) is 12.4 Å². The van der Waals surface area contributed by atoms with E-state index in [0.29, 0.717) is 44.5 Å². The quantitative estimate of drug-likeness (QED) is 0.372. The third kappa shape index (κ3) is 3.83. The smallest absolute Gasteiger partial charge is 0.233 e. The van der Waals surface area contributed by atoms with Gasteiger partial charge in [0.2, 0.25) is 11.9 Å². The van der Waals surface area contributed by atoms with Crippen LogP contribution in [0.1, 0.15) is 5.56 Å². The first kappa shape index (κ1) is 15.9. The summed E-state index contributed by atoms with van der Waals surface area (Å²) in [7, 11) is 0. The summed E-state index contributed by atoms with van der Waals surface area (Å²) in [5.41, 5.74) is 6.69. The van der Waals surface area contributed by atoms with Crippen molar-refractivity contribution in [1.29, 1.82) is 0 Å². The number of anilines is 1. The number of hydrogen-bond acceptors (Lipinski definition) is 6. The Bertz CT molecular complexity index is 669. The summed E-state index contributed by atoms with van der Waals surface area (Å²) in [6, 6.07) is 9.95. The van der Waals surface area contributed by atoms with Gasteiger partial charge in [-0.2, -0.15) is 0 Å². The summed E-state index contributed by atoms with van der Waals surface area (Å²) in [5.74, 6) is 1.43. The lowest BCUT2D eigenvalue weighted by atomic mass is 10.2. The second kappa shape index (κ2) is 7.49. The number of hydrogen-bond donors (Lipinski definition) is 2. The minimum atomic E-state index is 0.139. The minimum Gasteiger partial charge on any atom is -0.486 e. The highest BCUT2D eigenvalue weighted by Crippen LogP contribution is 2.15. The van der Waals surface area contributed by atoms with Crippen molar-refractivity contribution in [3.8, 4) is 5.75 Å². The van der Waals surface area contributed by atoms with E-state index in [4.69, 9.17) is 15.7 Å². The maximum atomic E-state index is 8.70. The zero-order chi connectivity index (χ0) is 16.8. The fraction of sp³-hybridized carbons (Fsp3) is 0.312. The van der Waals surface area contributed by atoms with Gasteiger partial charge in [-0.05, 0) is 5.56 Å². The van der Waals surface area contributed by atoms with E-state index in [1.54, 1.807) is 12.4 Å². The summed E-state index contributed by atoms with van der Waals surface area (Å²) in [4.78, 5) is 12.6. The number of aromatic nitrogens is 2. The van der Waals surface area contributed by atoms with Gasteiger partial charge in [-0.15, -0.1) is 0 Å². The first-order chi connectivity index (χ1) is 11.8. The molecule has 3 N–H and O–H groups in total. The molecule has 1 aromatic carbocycles. The monoisotopic (exact) mass is 328 g/mol. The second-order valence-corrected chi connectivity index (χ2v) is 5.43. The lowest BCUT2D eigenvalue weighted by Gasteiger charge is -2.34. The van der Waals surface area contributed by atoms with Crippen molar-refractivity contribution in [3.05, 3.63) is 48.3 Å². The maximum Gasteiger partial charge on any atom is 0.233 e. The van der Waals surface area contributed by atoms with Gasteiger partial charge in [0, 0.05) is 26.2 Å². The van der Waals surface area contributed by atoms with Gasteiger partial charge < -0.3 is 25.5 Å². The van der Waals surface area contributed by atoms with Crippen molar-refractivity contribution in [3.63, 3.8) is 0 Å². The first-order valence-corrected chi connectivity index (χ1v) is 7.72. The van der Waals surface area contributed by atoms with Crippen LogP contribution in [0, 0.1) is 0 Å². The van der Waals surface area contributed by atoms with E-state index < -0.39 is 0 Å². The van der Waals surface area contributed by atoms with Gasteiger partial charge >= 0.3 is 0 Å². The molecule has 24 heavy (non-hydrogen) atoms. The average Bonchev–Trinajstić information content (AvgIpc) is 2.67. The van der Waals surface area contributed by atoms with E-state index in [2.05, 4.69) is 20.0 Å². The molecule has 0 spiro atoms. The summed E-state index contributed by atoms with van der Waals surface area (Å²) in [6.07, 6.45) is 3.36. The van der Waals surface area contributed by atoms with Crippen molar-refractivity contribution in [2.75, 3.05) is 31.1 Å². The van der Waals surface area contributed by atoms with Crippen molar-refractivity contribution >= 4 is 11.9 Å². The minimum absolute atomic E-state index is 0.139. The molecule has 0 atom stereocenters. The summed E-state index contributed by atoms with van der Waals surface area (Å²) in [6.45, 7) is 3.22. The van der Waals surface area contributed by atoms with Crippen molar-refractivity contribution in [2.45, 2.75) is 6.61 Å². The highest BCUT2D eigenvalue weighted by molar-refractivity contribution is 5.77. The fourth-order valence-corrected chi connectivity index (χ4v) is 2.49. The Hall–Kier alpha value is -3.03. The van der Waals surface area contributed by atoms with Crippen LogP contribution in [0.3, 0.4) is 0 Å². The molecule has 1 aliphatic rings. The molecule has 1 saturated heterocycles. The molecular weight excluding hydrogens is 308 g/mol. The zero-order valence-electron chi connectivity index (χ0n) is 13.2. The number of oxime groups is 1. The van der Waals surface area contributed by atoms with E-state index in [-0.39, 0.29) is 5.96 Å². The average molecular weight is 328 g/mol. The number of guanidine groups is 1. The molecule has 8 nitrogen and oxygen atoms in total. The highest BCUT2D eigenvalue weighted by atomic mass is 16.5. The molecule has 126 valence electrons. The standard InChI is InChI=1S/C16H20N6O2/c17-15(20-23)21-6-8-22(9-7-21)16-18-10-14(11-19-16)24-12-13-4-2-1-3-5-13/h1-5,10-11,23H,6-9,12H2,(H2,17,20). The Kier molecular flexibility index (Phi) is 4.95. The number of nitrogens with two attached hydrogens (primary N) is 1. The van der Waals surface area contributed by atoms with Crippen LogP contribution in [0.25, 0.3) is 0 Å². The molecule has 1 aromatic heterocycles. The number of rotatable bonds is 4. The maximum absolute atomic E-state index is 8.70. The number of benzene rings is 1. The van der Waals surface area contributed by atoms with Crippen LogP contribution in [-0.4, -0.2) is 52.2 Å². The van der Waals surface area contributed by atoms with Crippen LogP contribution < -0.4 is 15.4 Å². The van der Waals surface area contributed by atoms with E-state index in [1.807, 2.05) is 35.2 Å². The summed E-state index contributed by atoms with van der Waals surface area (Å²) < 4.78 is 5.69. The molecule has 0 amide bonds. The molecule has 0 unspecified atom stereocenters. The number of nitrogens with zero attached hydrogens (tertiary/aromatic N) is 5. The molecule has 2 aromatic rings. The van der Waals surface area contributed by atoms with Gasteiger partial charge in [0.25, 0.3) is 0 Å². The molecule has 0 aliphatic carbocycles. The largest absolute Gasteiger partial charge is 0.486 e. The SMILES string of the molecule is N/C(=N\O)N1CCN(c2ncc(OCc3ccccc3)cn2)CC1. The Morgan fingerprint density at radius 1 is 1.12 bits per heavy atom. The summed E-state index contributed by atoms with van der Waals surface area (Å²) in [5, 5.41) is 11.7. The molecule has 2 heterocycles. The Labute approximate surface area is 140 Å². The van der Waals surface area contributed by atoms with E-state index in [1.165, 1.54) is 0 Å². The van der Waals surface area contributed by atoms with E-state index in [9.17, 15) is 0 Å². The van der Waals surface area contributed by atoms with Crippen LogP contribution >= 0.6 is 0 Å². The van der Waals surface area contributed by atoms with Crippen LogP contribution in [-0.2, 0) is 6.61 Å². The zero-order valence-corrected chi connectivity index (χ0v) is 13.2. The van der Waals surface area contributed by atoms with Gasteiger partial charge in [0.15, 0.2) is 5.75 Å². The predicted octanol–water partition coefficient (Wildman–Crippen LogP) is 0.881. The highest BCUT2D eigenvalue weighted by Gasteiger charge is 2.20. The molecule has 0 bridgehead atoms. The normalized spacial score (nSPS) is 15.4. The summed E-state index contributed by atoms with van der Waals surface area (Å²) >= 11 is 0. The first-order valence-electron chi connectivity index (χ1n) is 7.72. The molecule has 0 radical (unpaired) electrons. The molecule has 1 fully saturated rings. The fourth-order valence-electron chi connectivity index (χ4n) is 2.49. The van der Waals surface area contributed by atoms with E-state index in [0.717, 1.165) is 5.56 Å². The second-order valence-electron chi connectivity index (χ2n) is 5.43. The van der Waals surface area contributed by atoms with Crippen LogP contribution in [0.5, 0.6) is 5.75 Å². The van der Waals surface area contributed by atoms with Gasteiger partial charge in [-0.25, -0.2) is 9.97 Å². The van der Waals surface area contributed by atoms with Crippen molar-refractivity contribution < 1.29 is 9.94 Å². The molecular formula is C16H20N6O2. The van der Waals surface area contributed by atoms with Crippen molar-refractivity contribution in [2.24, 2.45) is 10.9 Å². The van der Waals surface area contributed by atoms with Crippen LogP contribution in [0.15, 0.2) is 47.9 Å². The Morgan fingerprint density at radius 2 is 1.79 bits per heavy atom. The number of ether oxygens (including phenoxy) is 1. The lowest BCUT2D eigenvalue weighted by Crippen LogP contribution is -2.51. The van der Waals surface area contributed by atoms with Gasteiger partial charge in [-0.3, -0.25) is 0 Å². The van der Waals surface area contributed by atoms with Crippen LogP contribution in [0.4, 0.5) is 5.95 Å². The third-order valence-electron chi connectivity index (χ3n) is 3.85. The molecule has 3 rings (SSSR count). The lowest BCUT2D eigenvalue weighted by molar-refractivity contribution is 0.292.